The first kappa shape index (κ1) is 18.5. The van der Waals surface area contributed by atoms with Crippen LogP contribution in [0.1, 0.15) is 25.0 Å². The number of anilines is 2. The summed E-state index contributed by atoms with van der Waals surface area (Å²) < 4.78 is 0. The van der Waals surface area contributed by atoms with E-state index in [0.717, 1.165) is 35.3 Å². The summed E-state index contributed by atoms with van der Waals surface area (Å²) in [6.45, 7) is 4.16. The lowest BCUT2D eigenvalue weighted by Crippen LogP contribution is -2.39. The van der Waals surface area contributed by atoms with E-state index in [0.29, 0.717) is 5.11 Å². The molecule has 0 unspecified atom stereocenters. The van der Waals surface area contributed by atoms with Gasteiger partial charge in [0.15, 0.2) is 11.1 Å². The molecule has 0 bridgehead atoms. The number of rotatable bonds is 3. The molecule has 1 aromatic carbocycles. The Morgan fingerprint density at radius 1 is 1.25 bits per heavy atom. The number of nitrogens with one attached hydrogen (secondary N) is 2. The average molecular weight is 316 g/mol. The van der Waals surface area contributed by atoms with Gasteiger partial charge in [-0.3, -0.25) is 4.99 Å². The number of aryl methyl sites for hydroxylation is 2. The second kappa shape index (κ2) is 8.60. The van der Waals surface area contributed by atoms with E-state index in [4.69, 9.17) is 23.7 Å². The van der Waals surface area contributed by atoms with Crippen LogP contribution in [0.25, 0.3) is 0 Å². The molecule has 0 heterocycles. The van der Waals surface area contributed by atoms with E-state index in [1.165, 1.54) is 0 Å². The van der Waals surface area contributed by atoms with Crippen molar-refractivity contribution in [2.24, 2.45) is 10.7 Å². The molecule has 7 heteroatoms. The Morgan fingerprint density at radius 3 is 2.15 bits per heavy atom. The molecular formula is C13H22ClN5S. The van der Waals surface area contributed by atoms with Gasteiger partial charge >= 0.3 is 0 Å². The zero-order valence-corrected chi connectivity index (χ0v) is 13.6. The van der Waals surface area contributed by atoms with E-state index < -0.39 is 0 Å². The number of nitrogen functional groups attached to an aromatic ring is 1. The fraction of sp³-hybridized carbons (Fsp3) is 0.385. The second-order valence-corrected chi connectivity index (χ2v) is 4.52. The minimum atomic E-state index is 0. The number of guanidine groups is 1. The summed E-state index contributed by atoms with van der Waals surface area (Å²) in [5.41, 5.74) is 15.5. The molecule has 0 radical (unpaired) electrons. The van der Waals surface area contributed by atoms with Gasteiger partial charge in [-0.05, 0) is 48.3 Å². The third-order valence-corrected chi connectivity index (χ3v) is 3.01. The molecule has 112 valence electrons. The first-order valence-corrected chi connectivity index (χ1v) is 6.64. The summed E-state index contributed by atoms with van der Waals surface area (Å²) in [6.07, 6.45) is 1.75. The average Bonchev–Trinajstić information content (AvgIpc) is 2.39. The number of halogens is 1. The quantitative estimate of drug-likeness (QED) is 0.297. The van der Waals surface area contributed by atoms with Crippen molar-refractivity contribution in [3.05, 3.63) is 23.3 Å². The first-order chi connectivity index (χ1) is 9.01. The van der Waals surface area contributed by atoms with Gasteiger partial charge in [-0.25, -0.2) is 0 Å². The van der Waals surface area contributed by atoms with Crippen molar-refractivity contribution in [3.63, 3.8) is 0 Å². The first-order valence-electron chi connectivity index (χ1n) is 6.23. The van der Waals surface area contributed by atoms with Gasteiger partial charge in [0.05, 0.1) is 0 Å². The van der Waals surface area contributed by atoms with Crippen LogP contribution in [0.15, 0.2) is 17.1 Å². The summed E-state index contributed by atoms with van der Waals surface area (Å²) in [6, 6.07) is 3.92. The maximum atomic E-state index is 5.90. The molecule has 6 N–H and O–H groups in total. The summed E-state index contributed by atoms with van der Waals surface area (Å²) in [4.78, 5) is 3.81. The number of nitrogens with two attached hydrogens (primary N) is 2. The molecule has 0 spiro atoms. The highest BCUT2D eigenvalue weighted by Gasteiger charge is 2.10. The second-order valence-electron chi connectivity index (χ2n) is 4.11. The lowest BCUT2D eigenvalue weighted by Gasteiger charge is -2.17. The van der Waals surface area contributed by atoms with Gasteiger partial charge in [-0.1, -0.05) is 13.8 Å². The van der Waals surface area contributed by atoms with Gasteiger partial charge in [-0.15, -0.1) is 12.4 Å². The smallest absolute Gasteiger partial charge is 0.194 e. The number of hydrogen-bond acceptors (Lipinski definition) is 3. The minimum absolute atomic E-state index is 0. The number of nitrogens with zero attached hydrogens (tertiary/aromatic N) is 1. The Kier molecular flexibility index (Phi) is 7.94. The van der Waals surface area contributed by atoms with Crippen LogP contribution in [-0.2, 0) is 12.8 Å². The Balaban J connectivity index is 0.00000361. The molecule has 0 aliphatic carbocycles. The maximum absolute atomic E-state index is 5.90. The topological polar surface area (TPSA) is 88.5 Å². The van der Waals surface area contributed by atoms with E-state index in [9.17, 15) is 0 Å². The number of benzene rings is 1. The minimum Gasteiger partial charge on any atom is -0.399 e. The zero-order chi connectivity index (χ0) is 14.4. The van der Waals surface area contributed by atoms with Crippen molar-refractivity contribution in [1.82, 2.24) is 5.32 Å². The summed E-state index contributed by atoms with van der Waals surface area (Å²) in [5, 5.41) is 6.42. The van der Waals surface area contributed by atoms with Crippen LogP contribution in [0.3, 0.4) is 0 Å². The molecule has 0 amide bonds. The molecule has 5 nitrogen and oxygen atoms in total. The van der Waals surface area contributed by atoms with Gasteiger partial charge in [-0.2, -0.15) is 0 Å². The van der Waals surface area contributed by atoms with Gasteiger partial charge in [0.1, 0.15) is 0 Å². The van der Waals surface area contributed by atoms with Gasteiger partial charge in [0, 0.05) is 18.4 Å². The van der Waals surface area contributed by atoms with Crippen LogP contribution in [0, 0.1) is 0 Å². The number of aliphatic imine (C=N–C) groups is 1. The molecular weight excluding hydrogens is 294 g/mol. The van der Waals surface area contributed by atoms with Gasteiger partial charge in [0.25, 0.3) is 0 Å². The van der Waals surface area contributed by atoms with Crippen molar-refractivity contribution >= 4 is 47.1 Å². The standard InChI is InChI=1S/C13H21N5S.ClH/c1-4-8-6-10(14)7-9(5-2)11(8)17-13(19)18-12(15)16-3;/h6-7H,4-5,14H2,1-3H3,(H4,15,16,17,18,19);1H. The molecule has 1 rings (SSSR count). The largest absolute Gasteiger partial charge is 0.399 e. The van der Waals surface area contributed by atoms with E-state index >= 15 is 0 Å². The lowest BCUT2D eigenvalue weighted by molar-refractivity contribution is 1.09. The van der Waals surface area contributed by atoms with Crippen LogP contribution < -0.4 is 22.1 Å². The Hall–Kier alpha value is -1.53. The van der Waals surface area contributed by atoms with Crippen LogP contribution in [-0.4, -0.2) is 18.1 Å². The Bertz CT molecular complexity index is 477. The fourth-order valence-corrected chi connectivity index (χ4v) is 2.04. The van der Waals surface area contributed by atoms with Crippen LogP contribution in [0.4, 0.5) is 11.4 Å². The highest BCUT2D eigenvalue weighted by molar-refractivity contribution is 7.80. The predicted molar refractivity (Wildman–Crippen MR) is 93.8 cm³/mol. The molecule has 1 aromatic rings. The molecule has 0 aliphatic heterocycles. The molecule has 0 saturated heterocycles. The van der Waals surface area contributed by atoms with E-state index in [1.807, 2.05) is 12.1 Å². The van der Waals surface area contributed by atoms with Crippen molar-refractivity contribution in [2.75, 3.05) is 18.1 Å². The Labute approximate surface area is 131 Å². The van der Waals surface area contributed by atoms with Crippen LogP contribution in [0.5, 0.6) is 0 Å². The SMILES string of the molecule is CCc1cc(N)cc(CC)c1NC(=S)NC(N)=NC.Cl. The lowest BCUT2D eigenvalue weighted by atomic mass is 10.0. The van der Waals surface area contributed by atoms with Crippen LogP contribution in [0.2, 0.25) is 0 Å². The van der Waals surface area contributed by atoms with Gasteiger partial charge in [0.2, 0.25) is 0 Å². The Morgan fingerprint density at radius 2 is 1.75 bits per heavy atom. The monoisotopic (exact) mass is 315 g/mol. The van der Waals surface area contributed by atoms with Crippen LogP contribution >= 0.6 is 24.6 Å². The van der Waals surface area contributed by atoms with E-state index in [2.05, 4.69) is 29.5 Å². The molecule has 0 aromatic heterocycles. The molecule has 0 saturated carbocycles. The van der Waals surface area contributed by atoms with E-state index in [-0.39, 0.29) is 18.4 Å². The third-order valence-electron chi connectivity index (χ3n) is 2.81. The van der Waals surface area contributed by atoms with Crippen molar-refractivity contribution in [2.45, 2.75) is 26.7 Å². The molecule has 0 aliphatic rings. The summed E-state index contributed by atoms with van der Waals surface area (Å²) in [7, 11) is 1.60. The van der Waals surface area contributed by atoms with Crippen molar-refractivity contribution < 1.29 is 0 Å². The van der Waals surface area contributed by atoms with Gasteiger partial charge < -0.3 is 22.1 Å². The zero-order valence-electron chi connectivity index (χ0n) is 12.0. The summed E-state index contributed by atoms with van der Waals surface area (Å²) >= 11 is 5.21. The van der Waals surface area contributed by atoms with Crippen molar-refractivity contribution in [1.29, 1.82) is 0 Å². The fourth-order valence-electron chi connectivity index (χ4n) is 1.83. The highest BCUT2D eigenvalue weighted by atomic mass is 35.5. The highest BCUT2D eigenvalue weighted by Crippen LogP contribution is 2.25. The predicted octanol–water partition coefficient (Wildman–Crippen LogP) is 2.05. The normalized spacial score (nSPS) is 10.7. The summed E-state index contributed by atoms with van der Waals surface area (Å²) in [5.74, 6) is 0.282. The molecule has 0 fully saturated rings. The third kappa shape index (κ3) is 4.86. The number of thiocarbonyl (C=S) groups is 1. The maximum Gasteiger partial charge on any atom is 0.194 e. The van der Waals surface area contributed by atoms with Crippen molar-refractivity contribution in [3.8, 4) is 0 Å². The van der Waals surface area contributed by atoms with E-state index in [1.54, 1.807) is 7.05 Å². The molecule has 20 heavy (non-hydrogen) atoms. The number of hydrogen-bond donors (Lipinski definition) is 4. The molecule has 0 atom stereocenters.